The molecule has 0 saturated carbocycles. The van der Waals surface area contributed by atoms with Gasteiger partial charge in [0, 0.05) is 97.2 Å². The molecular formula is C37H108N6O8. The first-order chi connectivity index (χ1) is 18.4. The number of methoxy groups -OCH3 is 2. The van der Waals surface area contributed by atoms with Crippen LogP contribution in [0.15, 0.2) is 0 Å². The quantitative estimate of drug-likeness (QED) is 0.191. The number of carbonyl (C=O) groups is 5. The number of carbonyl (C=O) groups excluding carboxylic acids is 5. The Hall–Kier alpha value is -2.81. The molecule has 4 N–H and O–H groups in total. The number of aliphatic hydroxyl groups excluding tert-OH is 1. The van der Waals surface area contributed by atoms with Crippen LogP contribution in [0.4, 0.5) is 0 Å². The van der Waals surface area contributed by atoms with Crippen LogP contribution >= 0.6 is 0 Å². The van der Waals surface area contributed by atoms with Gasteiger partial charge >= 0.3 is 5.97 Å². The van der Waals surface area contributed by atoms with E-state index in [0.717, 1.165) is 0 Å². The van der Waals surface area contributed by atoms with E-state index in [4.69, 9.17) is 5.11 Å². The fourth-order valence-corrected chi connectivity index (χ4v) is 0. The standard InChI is InChI=1S/2C4H9NO.2C3H7NO.C3H9N.C3H6O2.C3H8O.C2H7N.C2H6O.10CH4/c2*1-4(6)5(2)3;2*1-3(5)4-2;1-4(2)3;1-3(4)5-2;1-3(2)4;2*1-3-2;;;;;;;;;;/h2*1-3H3;2*1-2H3,(H,4,5);1-3H3;1-2H3;3-4H,1-2H3;3H,1-2H3;1-2H3;10*1H4. The van der Waals surface area contributed by atoms with Crippen LogP contribution in [0.25, 0.3) is 0 Å². The average Bonchev–Trinajstić information content (AvgIpc) is 2.80. The molecule has 0 aromatic rings. The lowest BCUT2D eigenvalue weighted by Crippen LogP contribution is -2.17. The Bertz CT molecular complexity index is 486. The Balaban J connectivity index is -0.0000000131. The van der Waals surface area contributed by atoms with Crippen LogP contribution in [-0.4, -0.2) is 154 Å². The lowest BCUT2D eigenvalue weighted by atomic mass is 10.5. The van der Waals surface area contributed by atoms with E-state index >= 15 is 0 Å². The molecule has 0 radical (unpaired) electrons. The first-order valence-corrected chi connectivity index (χ1v) is 12.4. The average molecular weight is 765 g/mol. The molecule has 0 aliphatic carbocycles. The summed E-state index contributed by atoms with van der Waals surface area (Å²) in [6.07, 6.45) is -0.167. The third-order valence-electron chi connectivity index (χ3n) is 2.25. The Morgan fingerprint density at radius 3 is 0.569 bits per heavy atom. The van der Waals surface area contributed by atoms with E-state index in [9.17, 15) is 24.0 Å². The summed E-state index contributed by atoms with van der Waals surface area (Å²) < 4.78 is 8.36. The first kappa shape index (κ1) is 126. The molecule has 0 fully saturated rings. The highest BCUT2D eigenvalue weighted by molar-refractivity contribution is 5.73. The van der Waals surface area contributed by atoms with E-state index in [1.165, 1.54) is 51.5 Å². The van der Waals surface area contributed by atoms with Crippen molar-refractivity contribution in [3.8, 4) is 0 Å². The molecule has 0 saturated heterocycles. The topological polar surface area (TPSA) is 170 Å². The third kappa shape index (κ3) is 770. The monoisotopic (exact) mass is 765 g/mol. The smallest absolute Gasteiger partial charge is 0.302 e. The fraction of sp³-hybridized carbons (Fsp3) is 0.865. The summed E-state index contributed by atoms with van der Waals surface area (Å²) in [7, 11) is 24.4. The summed E-state index contributed by atoms with van der Waals surface area (Å²) in [5, 5.41) is 15.6. The van der Waals surface area contributed by atoms with E-state index in [1.807, 2.05) is 40.1 Å². The highest BCUT2D eigenvalue weighted by atomic mass is 16.5. The van der Waals surface area contributed by atoms with Crippen molar-refractivity contribution in [2.75, 3.05) is 98.9 Å². The SMILES string of the molecule is C.C.C.C.C.C.C.C.C.C.CC(=O)N(C)C.CC(=O)N(C)C.CC(C)O.CN(C)C.CNC.CNC(C)=O.CNC(C)=O.COC.COC(C)=O. The lowest BCUT2D eigenvalue weighted by molar-refractivity contribution is -0.138. The van der Waals surface area contributed by atoms with Crippen molar-refractivity contribution in [2.45, 2.75) is 129 Å². The van der Waals surface area contributed by atoms with E-state index in [-0.39, 0.29) is 110 Å². The van der Waals surface area contributed by atoms with Gasteiger partial charge in [0.2, 0.25) is 23.6 Å². The van der Waals surface area contributed by atoms with Gasteiger partial charge in [-0.2, -0.15) is 0 Å². The predicted octanol–water partition coefficient (Wildman–Crippen LogP) is 6.90. The molecule has 0 rings (SSSR count). The minimum absolute atomic E-state index is 0. The van der Waals surface area contributed by atoms with E-state index < -0.39 is 0 Å². The van der Waals surface area contributed by atoms with Crippen LogP contribution in [0, 0.1) is 0 Å². The van der Waals surface area contributed by atoms with Gasteiger partial charge in [-0.1, -0.05) is 74.3 Å². The van der Waals surface area contributed by atoms with Crippen molar-refractivity contribution >= 4 is 29.6 Å². The molecule has 4 amide bonds. The molecular weight excluding hydrogens is 656 g/mol. The summed E-state index contributed by atoms with van der Waals surface area (Å²) in [6.45, 7) is 10.8. The molecule has 0 heterocycles. The van der Waals surface area contributed by atoms with Crippen molar-refractivity contribution in [3.05, 3.63) is 0 Å². The lowest BCUT2D eigenvalue weighted by Gasteiger charge is -2.02. The number of esters is 1. The number of ether oxygens (including phenoxy) is 2. The van der Waals surface area contributed by atoms with Crippen LogP contribution in [0.5, 0.6) is 0 Å². The van der Waals surface area contributed by atoms with Crippen LogP contribution in [0.2, 0.25) is 0 Å². The van der Waals surface area contributed by atoms with E-state index in [2.05, 4.69) is 25.4 Å². The molecule has 334 valence electrons. The molecule has 0 atom stereocenters. The zero-order chi connectivity index (χ0) is 35.7. The third-order valence-corrected chi connectivity index (χ3v) is 2.25. The molecule has 0 bridgehead atoms. The molecule has 0 spiro atoms. The summed E-state index contributed by atoms with van der Waals surface area (Å²) in [4.78, 5) is 54.2. The Morgan fingerprint density at radius 2 is 0.569 bits per heavy atom. The highest BCUT2D eigenvalue weighted by Gasteiger charge is 1.88. The molecule has 0 aromatic heterocycles. The van der Waals surface area contributed by atoms with E-state index in [1.54, 1.807) is 70.4 Å². The summed E-state index contributed by atoms with van der Waals surface area (Å²) in [5.41, 5.74) is 0. The number of aliphatic hydroxyl groups is 1. The second-order valence-corrected chi connectivity index (χ2v) is 8.48. The van der Waals surface area contributed by atoms with Crippen molar-refractivity contribution in [3.63, 3.8) is 0 Å². The van der Waals surface area contributed by atoms with Crippen LogP contribution in [0.1, 0.15) is 123 Å². The van der Waals surface area contributed by atoms with Crippen LogP contribution in [0.3, 0.4) is 0 Å². The maximum absolute atomic E-state index is 10.1. The maximum Gasteiger partial charge on any atom is 0.302 e. The van der Waals surface area contributed by atoms with E-state index in [0.29, 0.717) is 0 Å². The van der Waals surface area contributed by atoms with Crippen molar-refractivity contribution in [1.82, 2.24) is 30.7 Å². The van der Waals surface area contributed by atoms with Gasteiger partial charge in [0.05, 0.1) is 7.11 Å². The molecule has 0 aromatic carbocycles. The Labute approximate surface area is 326 Å². The van der Waals surface area contributed by atoms with Gasteiger partial charge in [-0.25, -0.2) is 0 Å². The molecule has 14 nitrogen and oxygen atoms in total. The van der Waals surface area contributed by atoms with Gasteiger partial charge in [0.15, 0.2) is 0 Å². The number of nitrogens with one attached hydrogen (secondary N) is 3. The molecule has 14 heteroatoms. The molecule has 0 aliphatic rings. The zero-order valence-electron chi connectivity index (χ0n) is 30.2. The summed E-state index contributed by atoms with van der Waals surface area (Å²) in [5.74, 6) is -0.0509. The first-order valence-electron chi connectivity index (χ1n) is 12.4. The van der Waals surface area contributed by atoms with Crippen molar-refractivity contribution in [1.29, 1.82) is 0 Å². The van der Waals surface area contributed by atoms with Gasteiger partial charge in [0.1, 0.15) is 0 Å². The van der Waals surface area contributed by atoms with Gasteiger partial charge in [0.25, 0.3) is 0 Å². The maximum atomic E-state index is 10.1. The van der Waals surface area contributed by atoms with Crippen molar-refractivity contribution in [2.24, 2.45) is 0 Å². The van der Waals surface area contributed by atoms with Gasteiger partial charge in [-0.3, -0.25) is 24.0 Å². The number of hydrogen-bond acceptors (Lipinski definition) is 10. The Morgan fingerprint density at radius 1 is 0.510 bits per heavy atom. The molecule has 51 heavy (non-hydrogen) atoms. The number of rotatable bonds is 0. The summed E-state index contributed by atoms with van der Waals surface area (Å²) in [6, 6.07) is 0. The number of hydrogen-bond donors (Lipinski definition) is 4. The fourth-order valence-electron chi connectivity index (χ4n) is 0. The van der Waals surface area contributed by atoms with Gasteiger partial charge in [-0.15, -0.1) is 0 Å². The largest absolute Gasteiger partial charge is 0.469 e. The Kier molecular flexibility index (Phi) is 292. The minimum Gasteiger partial charge on any atom is -0.469 e. The predicted molar refractivity (Wildman–Crippen MR) is 238 cm³/mol. The second-order valence-electron chi connectivity index (χ2n) is 8.48. The van der Waals surface area contributed by atoms with Crippen LogP contribution < -0.4 is 16.0 Å². The summed E-state index contributed by atoms with van der Waals surface area (Å²) >= 11 is 0. The molecule has 0 unspecified atom stereocenters. The highest BCUT2D eigenvalue weighted by Crippen LogP contribution is 1.70. The minimum atomic E-state index is -0.245. The van der Waals surface area contributed by atoms with Gasteiger partial charge < -0.3 is 45.2 Å². The second kappa shape index (κ2) is 118. The molecule has 0 aliphatic heterocycles. The van der Waals surface area contributed by atoms with Crippen molar-refractivity contribution < 1.29 is 38.6 Å². The van der Waals surface area contributed by atoms with Crippen LogP contribution in [-0.2, 0) is 33.4 Å². The van der Waals surface area contributed by atoms with Gasteiger partial charge in [-0.05, 0) is 49.1 Å². The number of amides is 4. The zero-order valence-corrected chi connectivity index (χ0v) is 30.2. The normalized spacial score (nSPS) is 5.96. The number of nitrogens with zero attached hydrogens (tertiary/aromatic N) is 3.